The van der Waals surface area contributed by atoms with Crippen molar-refractivity contribution in [2.24, 2.45) is 0 Å². The lowest BCUT2D eigenvalue weighted by Crippen LogP contribution is -2.52. The van der Waals surface area contributed by atoms with Crippen molar-refractivity contribution < 1.29 is 49.0 Å². The quantitative estimate of drug-likeness (QED) is 0.670. The molecule has 0 saturated heterocycles. The SMILES string of the molecule is CC(F)OC(F)(F)C(F)(F)OC(F)(F)C(F)CF. The summed E-state index contributed by atoms with van der Waals surface area (Å²) in [4.78, 5) is 0. The first-order valence-corrected chi connectivity index (χ1v) is 4.21. The Hall–Kier alpha value is -0.710. The van der Waals surface area contributed by atoms with Crippen molar-refractivity contribution in [3.63, 3.8) is 0 Å². The van der Waals surface area contributed by atoms with Crippen LogP contribution in [0.25, 0.3) is 0 Å². The molecule has 0 fully saturated rings. The second-order valence-electron chi connectivity index (χ2n) is 2.98. The number of halogens is 9. The topological polar surface area (TPSA) is 18.5 Å². The monoisotopic (exact) mass is 294 g/mol. The lowest BCUT2D eigenvalue weighted by molar-refractivity contribution is -0.495. The molecule has 0 aromatic carbocycles. The summed E-state index contributed by atoms with van der Waals surface area (Å²) in [5.41, 5.74) is 0. The minimum atomic E-state index is -6.06. The van der Waals surface area contributed by atoms with E-state index in [0.717, 1.165) is 0 Å². The zero-order valence-electron chi connectivity index (χ0n) is 8.58. The molecule has 0 bridgehead atoms. The minimum absolute atomic E-state index is 0.266. The highest BCUT2D eigenvalue weighted by molar-refractivity contribution is 4.74. The molecule has 0 aliphatic heterocycles. The van der Waals surface area contributed by atoms with E-state index in [0.29, 0.717) is 0 Å². The molecule has 2 unspecified atom stereocenters. The van der Waals surface area contributed by atoms with E-state index in [9.17, 15) is 39.5 Å². The fourth-order valence-corrected chi connectivity index (χ4v) is 0.657. The fourth-order valence-electron chi connectivity index (χ4n) is 0.657. The van der Waals surface area contributed by atoms with E-state index >= 15 is 0 Å². The van der Waals surface area contributed by atoms with Gasteiger partial charge in [-0.1, -0.05) is 0 Å². The molecule has 0 spiro atoms. The maximum Gasteiger partial charge on any atom is 0.453 e. The van der Waals surface area contributed by atoms with Gasteiger partial charge in [0.2, 0.25) is 12.5 Å². The van der Waals surface area contributed by atoms with Gasteiger partial charge in [0.25, 0.3) is 0 Å². The highest BCUT2D eigenvalue weighted by Crippen LogP contribution is 2.42. The van der Waals surface area contributed by atoms with E-state index in [1.165, 1.54) is 0 Å². The number of alkyl halides is 9. The van der Waals surface area contributed by atoms with Crippen molar-refractivity contribution in [1.82, 2.24) is 0 Å². The number of rotatable bonds is 7. The van der Waals surface area contributed by atoms with Crippen LogP contribution >= 0.6 is 0 Å². The highest BCUT2D eigenvalue weighted by Gasteiger charge is 2.66. The van der Waals surface area contributed by atoms with E-state index in [1.807, 2.05) is 0 Å². The second kappa shape index (κ2) is 5.51. The van der Waals surface area contributed by atoms with Crippen molar-refractivity contribution in [2.75, 3.05) is 6.67 Å². The second-order valence-corrected chi connectivity index (χ2v) is 2.98. The van der Waals surface area contributed by atoms with E-state index in [-0.39, 0.29) is 6.92 Å². The molecule has 0 rings (SSSR count). The Morgan fingerprint density at radius 2 is 1.39 bits per heavy atom. The molecule has 0 aliphatic rings. The maximum absolute atomic E-state index is 12.5. The average Bonchev–Trinajstić information content (AvgIpc) is 2.12. The summed E-state index contributed by atoms with van der Waals surface area (Å²) in [6, 6.07) is 0. The Labute approximate surface area is 94.6 Å². The third-order valence-corrected chi connectivity index (χ3v) is 1.41. The standard InChI is InChI=1S/C7H7F9O2/c1-3(9)17-6(13,14)7(15,16)18-5(11,12)4(10)2-8/h3-4H,2H2,1H3. The van der Waals surface area contributed by atoms with Gasteiger partial charge in [-0.25, -0.2) is 17.9 Å². The molecule has 0 aromatic rings. The average molecular weight is 294 g/mol. The van der Waals surface area contributed by atoms with Gasteiger partial charge in [0.05, 0.1) is 0 Å². The number of hydrogen-bond donors (Lipinski definition) is 0. The van der Waals surface area contributed by atoms with Gasteiger partial charge in [0.1, 0.15) is 6.67 Å². The molecule has 18 heavy (non-hydrogen) atoms. The van der Waals surface area contributed by atoms with Crippen LogP contribution in [0.1, 0.15) is 6.92 Å². The Kier molecular flexibility index (Phi) is 5.29. The summed E-state index contributed by atoms with van der Waals surface area (Å²) >= 11 is 0. The summed E-state index contributed by atoms with van der Waals surface area (Å²) in [5, 5.41) is 0. The number of hydrogen-bond acceptors (Lipinski definition) is 2. The molecule has 0 N–H and O–H groups in total. The molecule has 0 heterocycles. The van der Waals surface area contributed by atoms with E-state index < -0.39 is 37.5 Å². The van der Waals surface area contributed by atoms with Crippen LogP contribution in [0, 0.1) is 0 Å². The minimum Gasteiger partial charge on any atom is -0.279 e. The zero-order chi connectivity index (χ0) is 14.8. The Balaban J connectivity index is 4.93. The molecule has 110 valence electrons. The molecule has 0 radical (unpaired) electrons. The Morgan fingerprint density at radius 3 is 1.72 bits per heavy atom. The first-order valence-electron chi connectivity index (χ1n) is 4.21. The van der Waals surface area contributed by atoms with Gasteiger partial charge in [0.15, 0.2) is 0 Å². The summed E-state index contributed by atoms with van der Waals surface area (Å²) in [6.45, 7) is -2.18. The maximum atomic E-state index is 12.5. The molecule has 2 atom stereocenters. The van der Waals surface area contributed by atoms with Crippen molar-refractivity contribution in [3.05, 3.63) is 0 Å². The van der Waals surface area contributed by atoms with Gasteiger partial charge < -0.3 is 0 Å². The zero-order valence-corrected chi connectivity index (χ0v) is 8.58. The van der Waals surface area contributed by atoms with Crippen molar-refractivity contribution in [3.8, 4) is 0 Å². The molecular formula is C7H7F9O2. The van der Waals surface area contributed by atoms with Gasteiger partial charge in [-0.15, -0.1) is 0 Å². The van der Waals surface area contributed by atoms with Gasteiger partial charge in [-0.2, -0.15) is 26.3 Å². The molecule has 2 nitrogen and oxygen atoms in total. The highest BCUT2D eigenvalue weighted by atomic mass is 19.3. The third kappa shape index (κ3) is 4.19. The number of ether oxygens (including phenoxy) is 2. The van der Waals surface area contributed by atoms with Crippen molar-refractivity contribution in [1.29, 1.82) is 0 Å². The van der Waals surface area contributed by atoms with Crippen LogP contribution in [0.15, 0.2) is 0 Å². The van der Waals surface area contributed by atoms with E-state index in [2.05, 4.69) is 9.47 Å². The van der Waals surface area contributed by atoms with Gasteiger partial charge in [-0.05, 0) is 6.92 Å². The van der Waals surface area contributed by atoms with Crippen LogP contribution in [-0.4, -0.2) is 37.5 Å². The molecule has 0 aliphatic carbocycles. The van der Waals surface area contributed by atoms with Crippen LogP contribution < -0.4 is 0 Å². The van der Waals surface area contributed by atoms with Crippen molar-refractivity contribution in [2.45, 2.75) is 37.8 Å². The van der Waals surface area contributed by atoms with E-state index in [4.69, 9.17) is 0 Å². The van der Waals surface area contributed by atoms with Crippen LogP contribution in [0.5, 0.6) is 0 Å². The first kappa shape index (κ1) is 17.3. The van der Waals surface area contributed by atoms with Crippen LogP contribution in [0.3, 0.4) is 0 Å². The largest absolute Gasteiger partial charge is 0.453 e. The smallest absolute Gasteiger partial charge is 0.279 e. The summed E-state index contributed by atoms with van der Waals surface area (Å²) in [5.74, 6) is 0. The predicted molar refractivity (Wildman–Crippen MR) is 38.5 cm³/mol. The lowest BCUT2D eigenvalue weighted by Gasteiger charge is -2.29. The van der Waals surface area contributed by atoms with E-state index in [1.54, 1.807) is 0 Å². The van der Waals surface area contributed by atoms with Gasteiger partial charge >= 0.3 is 18.3 Å². The van der Waals surface area contributed by atoms with Crippen LogP contribution in [-0.2, 0) is 9.47 Å². The molecular weight excluding hydrogens is 287 g/mol. The molecule has 11 heteroatoms. The van der Waals surface area contributed by atoms with Gasteiger partial charge in [0, 0.05) is 0 Å². The summed E-state index contributed by atoms with van der Waals surface area (Å²) < 4.78 is 115. The molecule has 0 aromatic heterocycles. The molecule has 0 saturated carbocycles. The van der Waals surface area contributed by atoms with Crippen molar-refractivity contribution >= 4 is 0 Å². The third-order valence-electron chi connectivity index (χ3n) is 1.41. The van der Waals surface area contributed by atoms with Gasteiger partial charge in [-0.3, -0.25) is 4.74 Å². The Morgan fingerprint density at radius 1 is 0.944 bits per heavy atom. The normalized spacial score (nSPS) is 17.7. The lowest BCUT2D eigenvalue weighted by atomic mass is 10.4. The summed E-state index contributed by atoms with van der Waals surface area (Å²) in [7, 11) is 0. The summed E-state index contributed by atoms with van der Waals surface area (Å²) in [6.07, 6.45) is -24.2. The fraction of sp³-hybridized carbons (Fsp3) is 1.00. The molecule has 0 amide bonds. The van der Waals surface area contributed by atoms with Crippen LogP contribution in [0.4, 0.5) is 39.5 Å². The Bertz CT molecular complexity index is 268. The predicted octanol–water partition coefficient (Wildman–Crippen LogP) is 3.42. The first-order chi connectivity index (χ1) is 7.85. The van der Waals surface area contributed by atoms with Crippen LogP contribution in [0.2, 0.25) is 0 Å².